The number of ether oxygens (including phenoxy) is 1. The first-order valence-electron chi connectivity index (χ1n) is 7.44. The maximum atomic E-state index is 11.3. The molecule has 0 saturated carbocycles. The number of aromatic nitrogens is 1. The maximum absolute atomic E-state index is 11.3. The van der Waals surface area contributed by atoms with Crippen LogP contribution in [0.1, 0.15) is 43.9 Å². The minimum atomic E-state index is -0.995. The Balaban J connectivity index is 2.52. The average molecular weight is 285 g/mol. The maximum Gasteiger partial charge on any atom is 0.122 e. The van der Waals surface area contributed by atoms with Crippen molar-refractivity contribution < 1.29 is 9.84 Å². The minimum Gasteiger partial charge on any atom is -0.496 e. The van der Waals surface area contributed by atoms with Crippen LogP contribution in [0.5, 0.6) is 5.75 Å². The second-order valence-corrected chi connectivity index (χ2v) is 5.20. The number of rotatable bonds is 6. The first kappa shape index (κ1) is 15.5. The van der Waals surface area contributed by atoms with Crippen LogP contribution in [0.4, 0.5) is 0 Å². The van der Waals surface area contributed by atoms with Gasteiger partial charge in [-0.2, -0.15) is 0 Å². The Kier molecular flexibility index (Phi) is 4.97. The van der Waals surface area contributed by atoms with Gasteiger partial charge in [0, 0.05) is 17.7 Å². The quantitative estimate of drug-likeness (QED) is 0.875. The summed E-state index contributed by atoms with van der Waals surface area (Å²) in [6.07, 6.45) is 3.13. The van der Waals surface area contributed by atoms with E-state index in [9.17, 15) is 5.11 Å². The number of para-hydroxylation sites is 1. The molecule has 3 heteroatoms. The first-order valence-corrected chi connectivity index (χ1v) is 7.44. The van der Waals surface area contributed by atoms with Gasteiger partial charge in [0.15, 0.2) is 0 Å². The van der Waals surface area contributed by atoms with Crippen LogP contribution < -0.4 is 4.74 Å². The van der Waals surface area contributed by atoms with E-state index in [-0.39, 0.29) is 5.92 Å². The Morgan fingerprint density at radius 3 is 2.43 bits per heavy atom. The van der Waals surface area contributed by atoms with Gasteiger partial charge >= 0.3 is 0 Å². The van der Waals surface area contributed by atoms with E-state index in [1.165, 1.54) is 0 Å². The molecule has 1 aromatic carbocycles. The topological polar surface area (TPSA) is 42.4 Å². The summed E-state index contributed by atoms with van der Waals surface area (Å²) in [7, 11) is 1.66. The van der Waals surface area contributed by atoms with E-state index in [0.29, 0.717) is 12.1 Å². The molecule has 0 fully saturated rings. The molecule has 1 heterocycles. The van der Waals surface area contributed by atoms with Crippen LogP contribution in [0.2, 0.25) is 0 Å². The Morgan fingerprint density at radius 2 is 1.86 bits per heavy atom. The van der Waals surface area contributed by atoms with Crippen LogP contribution in [0, 0.1) is 0 Å². The van der Waals surface area contributed by atoms with Crippen molar-refractivity contribution in [2.45, 2.75) is 38.2 Å². The van der Waals surface area contributed by atoms with E-state index >= 15 is 0 Å². The van der Waals surface area contributed by atoms with Crippen molar-refractivity contribution in [3.63, 3.8) is 0 Å². The third-order valence-corrected chi connectivity index (χ3v) is 4.15. The Hall–Kier alpha value is -1.87. The molecule has 0 saturated heterocycles. The molecule has 2 aromatic rings. The Morgan fingerprint density at radius 1 is 1.14 bits per heavy atom. The zero-order valence-electron chi connectivity index (χ0n) is 12.9. The molecule has 2 rings (SSSR count). The highest BCUT2D eigenvalue weighted by Gasteiger charge is 2.39. The van der Waals surface area contributed by atoms with Gasteiger partial charge in [-0.05, 0) is 31.0 Å². The normalized spacial score (nSPS) is 15.2. The van der Waals surface area contributed by atoms with Crippen LogP contribution in [-0.4, -0.2) is 17.2 Å². The Labute approximate surface area is 126 Å². The van der Waals surface area contributed by atoms with Crippen LogP contribution in [0.25, 0.3) is 0 Å². The van der Waals surface area contributed by atoms with Crippen molar-refractivity contribution in [3.8, 4) is 5.75 Å². The van der Waals surface area contributed by atoms with E-state index in [1.54, 1.807) is 13.3 Å². The van der Waals surface area contributed by atoms with Gasteiger partial charge in [-0.1, -0.05) is 38.1 Å². The van der Waals surface area contributed by atoms with E-state index in [2.05, 4.69) is 11.9 Å². The lowest BCUT2D eigenvalue weighted by molar-refractivity contribution is -0.00329. The fourth-order valence-electron chi connectivity index (χ4n) is 2.99. The van der Waals surface area contributed by atoms with Crippen LogP contribution >= 0.6 is 0 Å². The number of aliphatic hydroxyl groups is 1. The molecule has 0 amide bonds. The van der Waals surface area contributed by atoms with Gasteiger partial charge in [0.1, 0.15) is 11.4 Å². The van der Waals surface area contributed by atoms with Gasteiger partial charge < -0.3 is 9.84 Å². The van der Waals surface area contributed by atoms with Crippen LogP contribution in [0.3, 0.4) is 0 Å². The molecule has 1 N–H and O–H groups in total. The average Bonchev–Trinajstić information content (AvgIpc) is 2.56. The van der Waals surface area contributed by atoms with Gasteiger partial charge in [-0.25, -0.2) is 0 Å². The zero-order valence-corrected chi connectivity index (χ0v) is 12.9. The number of hydrogen-bond donors (Lipinski definition) is 1. The molecule has 112 valence electrons. The molecule has 21 heavy (non-hydrogen) atoms. The van der Waals surface area contributed by atoms with Crippen LogP contribution in [-0.2, 0) is 5.60 Å². The lowest BCUT2D eigenvalue weighted by Gasteiger charge is -2.35. The summed E-state index contributed by atoms with van der Waals surface area (Å²) < 4.78 is 5.47. The van der Waals surface area contributed by atoms with Gasteiger partial charge in [-0.3, -0.25) is 4.98 Å². The van der Waals surface area contributed by atoms with Gasteiger partial charge in [0.25, 0.3) is 0 Å². The summed E-state index contributed by atoms with van der Waals surface area (Å²) in [4.78, 5) is 4.38. The largest absolute Gasteiger partial charge is 0.496 e. The molecular weight excluding hydrogens is 262 g/mol. The molecule has 0 aliphatic rings. The molecule has 3 nitrogen and oxygen atoms in total. The fraction of sp³-hybridized carbons (Fsp3) is 0.389. The summed E-state index contributed by atoms with van der Waals surface area (Å²) in [5.41, 5.74) is 0.743. The molecule has 0 radical (unpaired) electrons. The Bertz CT molecular complexity index is 570. The molecule has 0 unspecified atom stereocenters. The summed E-state index contributed by atoms with van der Waals surface area (Å²) in [5.74, 6) is 0.751. The summed E-state index contributed by atoms with van der Waals surface area (Å²) in [6, 6.07) is 13.6. The predicted molar refractivity (Wildman–Crippen MR) is 84.5 cm³/mol. The zero-order chi connectivity index (χ0) is 15.3. The summed E-state index contributed by atoms with van der Waals surface area (Å²) in [6.45, 7) is 4.08. The predicted octanol–water partition coefficient (Wildman–Crippen LogP) is 3.88. The van der Waals surface area contributed by atoms with Crippen LogP contribution in [0.15, 0.2) is 48.7 Å². The molecular formula is C18H23NO2. The number of hydrogen-bond acceptors (Lipinski definition) is 3. The third kappa shape index (κ3) is 2.93. The molecule has 0 aliphatic heterocycles. The van der Waals surface area contributed by atoms with Crippen molar-refractivity contribution >= 4 is 0 Å². The standard InChI is InChI=1S/C18H23NO2/c1-4-15(14-10-6-7-11-16(14)21-3)18(20,5-2)17-12-8-9-13-19-17/h6-13,15,20H,4-5H2,1-3H3/t15-,18-/m0/s1. The molecule has 0 spiro atoms. The van der Waals surface area contributed by atoms with E-state index in [1.807, 2.05) is 49.4 Å². The lowest BCUT2D eigenvalue weighted by Crippen LogP contribution is -2.34. The van der Waals surface area contributed by atoms with E-state index in [0.717, 1.165) is 17.7 Å². The van der Waals surface area contributed by atoms with Gasteiger partial charge in [-0.15, -0.1) is 0 Å². The van der Waals surface area contributed by atoms with Crippen molar-refractivity contribution in [2.75, 3.05) is 7.11 Å². The highest BCUT2D eigenvalue weighted by Crippen LogP contribution is 2.43. The fourth-order valence-corrected chi connectivity index (χ4v) is 2.99. The van der Waals surface area contributed by atoms with Gasteiger partial charge in [0.2, 0.25) is 0 Å². The molecule has 0 aliphatic carbocycles. The number of benzene rings is 1. The van der Waals surface area contributed by atoms with Gasteiger partial charge in [0.05, 0.1) is 12.8 Å². The highest BCUT2D eigenvalue weighted by atomic mass is 16.5. The summed E-state index contributed by atoms with van der Waals surface area (Å²) >= 11 is 0. The second-order valence-electron chi connectivity index (χ2n) is 5.20. The molecule has 2 atom stereocenters. The third-order valence-electron chi connectivity index (χ3n) is 4.15. The number of pyridine rings is 1. The van der Waals surface area contributed by atoms with E-state index in [4.69, 9.17) is 4.74 Å². The van der Waals surface area contributed by atoms with E-state index < -0.39 is 5.60 Å². The minimum absolute atomic E-state index is 0.0615. The highest BCUT2D eigenvalue weighted by molar-refractivity contribution is 5.39. The molecule has 1 aromatic heterocycles. The monoisotopic (exact) mass is 285 g/mol. The van der Waals surface area contributed by atoms with Crippen molar-refractivity contribution in [3.05, 3.63) is 59.9 Å². The summed E-state index contributed by atoms with van der Waals surface area (Å²) in [5, 5.41) is 11.3. The van der Waals surface area contributed by atoms with Crippen molar-refractivity contribution in [2.24, 2.45) is 0 Å². The van der Waals surface area contributed by atoms with Crippen molar-refractivity contribution in [1.82, 2.24) is 4.98 Å². The number of nitrogens with zero attached hydrogens (tertiary/aromatic N) is 1. The SMILES string of the molecule is CC[C@@H](c1ccccc1OC)[C@@](O)(CC)c1ccccn1. The second kappa shape index (κ2) is 6.72. The number of methoxy groups -OCH3 is 1. The molecule has 0 bridgehead atoms. The first-order chi connectivity index (χ1) is 10.2. The smallest absolute Gasteiger partial charge is 0.122 e. The lowest BCUT2D eigenvalue weighted by atomic mass is 9.76. The van der Waals surface area contributed by atoms with Crippen molar-refractivity contribution in [1.29, 1.82) is 0 Å².